The quantitative estimate of drug-likeness (QED) is 0.231. The SMILES string of the molecule is COc1ncc(CN(C(=O)C[C@@H](C)c2ccccc2)c2ccc3c(c2)[C@@H](NS(=O)(=O)c2cccc(Cl)c2)CCC3)cn1. The molecule has 4 aromatic rings. The highest BCUT2D eigenvalue weighted by Crippen LogP contribution is 2.35. The molecule has 1 heterocycles. The van der Waals surface area contributed by atoms with E-state index in [-0.39, 0.29) is 29.3 Å². The van der Waals surface area contributed by atoms with Crippen LogP contribution in [0.2, 0.25) is 5.02 Å². The Morgan fingerprint density at radius 3 is 2.55 bits per heavy atom. The molecule has 8 nitrogen and oxygen atoms in total. The number of nitrogens with zero attached hydrogens (tertiary/aromatic N) is 3. The average molecular weight is 605 g/mol. The Labute approximate surface area is 251 Å². The van der Waals surface area contributed by atoms with Gasteiger partial charge in [0, 0.05) is 41.1 Å². The number of hydrogen-bond donors (Lipinski definition) is 1. The van der Waals surface area contributed by atoms with Gasteiger partial charge in [-0.1, -0.05) is 61.0 Å². The summed E-state index contributed by atoms with van der Waals surface area (Å²) < 4.78 is 34.5. The zero-order valence-corrected chi connectivity index (χ0v) is 25.1. The lowest BCUT2D eigenvalue weighted by Crippen LogP contribution is -2.33. The Bertz CT molecular complexity index is 1650. The zero-order valence-electron chi connectivity index (χ0n) is 23.5. The van der Waals surface area contributed by atoms with Crippen LogP contribution in [0.25, 0.3) is 0 Å². The van der Waals surface area contributed by atoms with Gasteiger partial charge in [0.05, 0.1) is 18.6 Å². The van der Waals surface area contributed by atoms with Crippen LogP contribution in [0.3, 0.4) is 0 Å². The lowest BCUT2D eigenvalue weighted by molar-refractivity contribution is -0.119. The Morgan fingerprint density at radius 2 is 1.83 bits per heavy atom. The van der Waals surface area contributed by atoms with E-state index in [1.54, 1.807) is 29.4 Å². The minimum atomic E-state index is -3.82. The Balaban J connectivity index is 1.46. The molecule has 3 aromatic carbocycles. The van der Waals surface area contributed by atoms with Crippen molar-refractivity contribution in [3.63, 3.8) is 0 Å². The summed E-state index contributed by atoms with van der Waals surface area (Å²) in [5, 5.41) is 0.352. The summed E-state index contributed by atoms with van der Waals surface area (Å²) in [6, 6.07) is 21.8. The molecule has 0 fully saturated rings. The number of carbonyl (C=O) groups excluding carboxylic acids is 1. The summed E-state index contributed by atoms with van der Waals surface area (Å²) in [6.07, 6.45) is 5.90. The van der Waals surface area contributed by atoms with Crippen LogP contribution >= 0.6 is 11.6 Å². The number of carbonyl (C=O) groups is 1. The number of benzene rings is 3. The van der Waals surface area contributed by atoms with Crippen molar-refractivity contribution in [2.24, 2.45) is 0 Å². The molecule has 1 aliphatic carbocycles. The van der Waals surface area contributed by atoms with Crippen LogP contribution in [-0.4, -0.2) is 31.4 Å². The molecule has 0 bridgehead atoms. The number of rotatable bonds is 10. The number of aryl methyl sites for hydroxylation is 1. The average Bonchev–Trinajstić information content (AvgIpc) is 3.00. The van der Waals surface area contributed by atoms with E-state index >= 15 is 0 Å². The van der Waals surface area contributed by atoms with E-state index in [9.17, 15) is 13.2 Å². The first kappa shape index (κ1) is 29.7. The standard InChI is InChI=1S/C32H33ClN4O4S/c1-22(24-8-4-3-5-9-24)16-31(38)37(21-23-19-34-32(41-2)35-20-23)27-15-14-25-10-6-13-30(29(25)18-27)36-42(39,40)28-12-7-11-26(33)17-28/h3-5,7-9,11-12,14-15,17-20,22,30,36H,6,10,13,16,21H2,1-2H3/t22-,30+/m1/s1. The second kappa shape index (κ2) is 13.0. The third kappa shape index (κ3) is 6.98. The van der Waals surface area contributed by atoms with E-state index in [0.717, 1.165) is 35.1 Å². The molecule has 1 N–H and O–H groups in total. The fourth-order valence-corrected chi connectivity index (χ4v) is 6.82. The predicted molar refractivity (Wildman–Crippen MR) is 163 cm³/mol. The second-order valence-electron chi connectivity index (χ2n) is 10.5. The van der Waals surface area contributed by atoms with Crippen molar-refractivity contribution in [3.05, 3.63) is 112 Å². The molecule has 0 saturated carbocycles. The summed E-state index contributed by atoms with van der Waals surface area (Å²) in [6.45, 7) is 2.29. The van der Waals surface area contributed by atoms with Crippen molar-refractivity contribution in [1.82, 2.24) is 14.7 Å². The van der Waals surface area contributed by atoms with Gasteiger partial charge in [-0.3, -0.25) is 4.79 Å². The lowest BCUT2D eigenvalue weighted by Gasteiger charge is -2.30. The number of hydrogen-bond acceptors (Lipinski definition) is 6. The predicted octanol–water partition coefficient (Wildman–Crippen LogP) is 6.22. The van der Waals surface area contributed by atoms with Crippen LogP contribution in [0.4, 0.5) is 5.69 Å². The van der Waals surface area contributed by atoms with Gasteiger partial charge in [-0.25, -0.2) is 23.1 Å². The number of methoxy groups -OCH3 is 1. The van der Waals surface area contributed by atoms with Crippen LogP contribution in [0.15, 0.2) is 90.1 Å². The molecule has 0 radical (unpaired) electrons. The fourth-order valence-electron chi connectivity index (χ4n) is 5.27. The van der Waals surface area contributed by atoms with Crippen LogP contribution in [-0.2, 0) is 27.8 Å². The molecule has 218 valence electrons. The molecular weight excluding hydrogens is 572 g/mol. The Kier molecular flexibility index (Phi) is 9.21. The maximum Gasteiger partial charge on any atom is 0.316 e. The molecule has 5 rings (SSSR count). The number of sulfonamides is 1. The van der Waals surface area contributed by atoms with Gasteiger partial charge in [0.25, 0.3) is 0 Å². The van der Waals surface area contributed by atoms with Crippen molar-refractivity contribution in [1.29, 1.82) is 0 Å². The molecule has 10 heteroatoms. The minimum Gasteiger partial charge on any atom is -0.467 e. The van der Waals surface area contributed by atoms with Crippen molar-refractivity contribution < 1.29 is 17.9 Å². The van der Waals surface area contributed by atoms with E-state index in [0.29, 0.717) is 23.6 Å². The molecule has 0 aliphatic heterocycles. The maximum atomic E-state index is 13.9. The zero-order chi connectivity index (χ0) is 29.7. The first-order chi connectivity index (χ1) is 20.2. The number of ether oxygens (including phenoxy) is 1. The third-order valence-corrected chi connectivity index (χ3v) is 9.22. The smallest absolute Gasteiger partial charge is 0.316 e. The summed E-state index contributed by atoms with van der Waals surface area (Å²) in [5.41, 5.74) is 4.43. The van der Waals surface area contributed by atoms with Gasteiger partial charge in [0.1, 0.15) is 0 Å². The minimum absolute atomic E-state index is 0.00296. The van der Waals surface area contributed by atoms with E-state index in [2.05, 4.69) is 14.7 Å². The summed E-state index contributed by atoms with van der Waals surface area (Å²) in [4.78, 5) is 24.1. The second-order valence-corrected chi connectivity index (χ2v) is 12.6. The number of anilines is 1. The normalized spacial score (nSPS) is 15.5. The van der Waals surface area contributed by atoms with Crippen molar-refractivity contribution in [2.45, 2.75) is 56.0 Å². The molecule has 0 unspecified atom stereocenters. The van der Waals surface area contributed by atoms with Crippen LogP contribution < -0.4 is 14.4 Å². The first-order valence-corrected chi connectivity index (χ1v) is 15.7. The van der Waals surface area contributed by atoms with E-state index in [1.165, 1.54) is 19.2 Å². The Hall–Kier alpha value is -3.79. The van der Waals surface area contributed by atoms with Gasteiger partial charge in [0.2, 0.25) is 15.9 Å². The molecule has 2 atom stereocenters. The van der Waals surface area contributed by atoms with Gasteiger partial charge in [0.15, 0.2) is 0 Å². The maximum absolute atomic E-state index is 13.9. The largest absolute Gasteiger partial charge is 0.467 e. The number of halogens is 1. The van der Waals surface area contributed by atoms with Crippen LogP contribution in [0.1, 0.15) is 60.4 Å². The third-order valence-electron chi connectivity index (χ3n) is 7.51. The van der Waals surface area contributed by atoms with Gasteiger partial charge in [-0.15, -0.1) is 0 Å². The van der Waals surface area contributed by atoms with E-state index < -0.39 is 16.1 Å². The molecule has 0 spiro atoms. The lowest BCUT2D eigenvalue weighted by atomic mass is 9.87. The van der Waals surface area contributed by atoms with Crippen molar-refractivity contribution in [3.8, 4) is 6.01 Å². The highest BCUT2D eigenvalue weighted by atomic mass is 35.5. The number of amides is 1. The molecule has 1 amide bonds. The fraction of sp³-hybridized carbons (Fsp3) is 0.281. The molecule has 1 aliphatic rings. The van der Waals surface area contributed by atoms with Crippen molar-refractivity contribution in [2.75, 3.05) is 12.0 Å². The van der Waals surface area contributed by atoms with Gasteiger partial charge in [-0.05, 0) is 72.2 Å². The first-order valence-electron chi connectivity index (χ1n) is 13.8. The molecule has 1 aromatic heterocycles. The van der Waals surface area contributed by atoms with Crippen LogP contribution in [0, 0.1) is 0 Å². The van der Waals surface area contributed by atoms with E-state index in [1.807, 2.05) is 55.5 Å². The van der Waals surface area contributed by atoms with Crippen LogP contribution in [0.5, 0.6) is 6.01 Å². The van der Waals surface area contributed by atoms with E-state index in [4.69, 9.17) is 16.3 Å². The molecular formula is C32H33ClN4O4S. The molecule has 0 saturated heterocycles. The highest BCUT2D eigenvalue weighted by molar-refractivity contribution is 7.89. The monoisotopic (exact) mass is 604 g/mol. The van der Waals surface area contributed by atoms with Gasteiger partial charge in [-0.2, -0.15) is 0 Å². The van der Waals surface area contributed by atoms with Gasteiger partial charge >= 0.3 is 6.01 Å². The summed E-state index contributed by atoms with van der Waals surface area (Å²) in [5.74, 6) is -0.0582. The highest BCUT2D eigenvalue weighted by Gasteiger charge is 2.28. The molecule has 42 heavy (non-hydrogen) atoms. The Morgan fingerprint density at radius 1 is 1.07 bits per heavy atom. The van der Waals surface area contributed by atoms with Gasteiger partial charge < -0.3 is 9.64 Å². The number of aromatic nitrogens is 2. The number of nitrogens with one attached hydrogen (secondary N) is 1. The van der Waals surface area contributed by atoms with Crippen molar-refractivity contribution >= 4 is 33.2 Å². The summed E-state index contributed by atoms with van der Waals surface area (Å²) >= 11 is 6.07. The summed E-state index contributed by atoms with van der Waals surface area (Å²) in [7, 11) is -2.32. The topological polar surface area (TPSA) is 101 Å². The number of fused-ring (bicyclic) bond motifs is 1.